The Kier molecular flexibility index (Phi) is 3.54. The molecule has 1 unspecified atom stereocenters. The molecular formula is C13H17F2N. The van der Waals surface area contributed by atoms with Crippen molar-refractivity contribution >= 4 is 0 Å². The fourth-order valence-corrected chi connectivity index (χ4v) is 2.35. The Bertz CT molecular complexity index is 347. The molecule has 1 aromatic rings. The van der Waals surface area contributed by atoms with Crippen molar-refractivity contribution in [1.82, 2.24) is 5.32 Å². The molecule has 0 aliphatic carbocycles. The lowest BCUT2D eigenvalue weighted by Gasteiger charge is -2.12. The summed E-state index contributed by atoms with van der Waals surface area (Å²) in [5.41, 5.74) is 1.88. The van der Waals surface area contributed by atoms with Gasteiger partial charge in [0.1, 0.15) is 12.5 Å². The van der Waals surface area contributed by atoms with Crippen LogP contribution in [0.1, 0.15) is 29.5 Å². The molecule has 0 amide bonds. The van der Waals surface area contributed by atoms with Crippen LogP contribution in [0, 0.1) is 12.7 Å². The van der Waals surface area contributed by atoms with E-state index in [2.05, 4.69) is 5.32 Å². The summed E-state index contributed by atoms with van der Waals surface area (Å²) in [7, 11) is 0. The third kappa shape index (κ3) is 2.40. The molecular weight excluding hydrogens is 208 g/mol. The largest absolute Gasteiger partial charge is 0.314 e. The Hall–Kier alpha value is -0.960. The second-order valence-corrected chi connectivity index (χ2v) is 4.50. The maximum absolute atomic E-state index is 13.5. The van der Waals surface area contributed by atoms with Crippen LogP contribution in [0.5, 0.6) is 0 Å². The van der Waals surface area contributed by atoms with Crippen molar-refractivity contribution in [3.63, 3.8) is 0 Å². The number of hydrogen-bond donors (Lipinski definition) is 1. The van der Waals surface area contributed by atoms with E-state index < -0.39 is 12.5 Å². The van der Waals surface area contributed by atoms with Crippen molar-refractivity contribution in [2.75, 3.05) is 6.54 Å². The molecule has 0 bridgehead atoms. The number of nitrogens with one attached hydrogen (secondary N) is 1. The van der Waals surface area contributed by atoms with Crippen LogP contribution in [-0.4, -0.2) is 12.6 Å². The average Bonchev–Trinajstić information content (AvgIpc) is 2.70. The predicted molar refractivity (Wildman–Crippen MR) is 60.7 cm³/mol. The minimum absolute atomic E-state index is 0.197. The van der Waals surface area contributed by atoms with Crippen LogP contribution in [0.15, 0.2) is 12.1 Å². The third-order valence-electron chi connectivity index (χ3n) is 3.26. The molecule has 2 rings (SSSR count). The standard InChI is InChI=1S/C13H17F2N/c1-9-5-10(6-11-3-2-4-16-11)7-13(15)12(9)8-14/h5,7,11,16H,2-4,6,8H2,1H3. The minimum atomic E-state index is -0.723. The molecule has 0 radical (unpaired) electrons. The Morgan fingerprint density at radius 3 is 2.81 bits per heavy atom. The number of rotatable bonds is 3. The highest BCUT2D eigenvalue weighted by Crippen LogP contribution is 2.19. The molecule has 1 aliphatic heterocycles. The Morgan fingerprint density at radius 1 is 1.44 bits per heavy atom. The topological polar surface area (TPSA) is 12.0 Å². The van der Waals surface area contributed by atoms with E-state index in [1.807, 2.05) is 6.07 Å². The minimum Gasteiger partial charge on any atom is -0.314 e. The second-order valence-electron chi connectivity index (χ2n) is 4.50. The number of hydrogen-bond acceptors (Lipinski definition) is 1. The highest BCUT2D eigenvalue weighted by molar-refractivity contribution is 5.32. The van der Waals surface area contributed by atoms with Gasteiger partial charge in [0.25, 0.3) is 0 Å². The molecule has 3 heteroatoms. The van der Waals surface area contributed by atoms with Crippen LogP contribution < -0.4 is 5.32 Å². The number of benzene rings is 1. The molecule has 0 aromatic heterocycles. The van der Waals surface area contributed by atoms with Gasteiger partial charge in [-0.3, -0.25) is 0 Å². The molecule has 1 aromatic carbocycles. The van der Waals surface area contributed by atoms with Gasteiger partial charge in [-0.15, -0.1) is 0 Å². The third-order valence-corrected chi connectivity index (χ3v) is 3.26. The van der Waals surface area contributed by atoms with Gasteiger partial charge in [0.2, 0.25) is 0 Å². The summed E-state index contributed by atoms with van der Waals surface area (Å²) < 4.78 is 26.1. The zero-order chi connectivity index (χ0) is 11.5. The van der Waals surface area contributed by atoms with E-state index >= 15 is 0 Å². The van der Waals surface area contributed by atoms with E-state index in [4.69, 9.17) is 0 Å². The zero-order valence-corrected chi connectivity index (χ0v) is 9.52. The van der Waals surface area contributed by atoms with E-state index in [0.29, 0.717) is 6.04 Å². The summed E-state index contributed by atoms with van der Waals surface area (Å²) in [5, 5.41) is 3.38. The fraction of sp³-hybridized carbons (Fsp3) is 0.538. The van der Waals surface area contributed by atoms with Crippen molar-refractivity contribution in [3.8, 4) is 0 Å². The second kappa shape index (κ2) is 4.91. The summed E-state index contributed by atoms with van der Waals surface area (Å²) in [4.78, 5) is 0. The van der Waals surface area contributed by atoms with Gasteiger partial charge in [-0.05, 0) is 49.9 Å². The normalized spacial score (nSPS) is 20.3. The molecule has 88 valence electrons. The van der Waals surface area contributed by atoms with Gasteiger partial charge in [0.15, 0.2) is 0 Å². The van der Waals surface area contributed by atoms with Gasteiger partial charge in [0.05, 0.1) is 0 Å². The van der Waals surface area contributed by atoms with Crippen LogP contribution in [0.2, 0.25) is 0 Å². The average molecular weight is 225 g/mol. The Balaban J connectivity index is 2.15. The van der Waals surface area contributed by atoms with E-state index in [-0.39, 0.29) is 5.56 Å². The lowest BCUT2D eigenvalue weighted by Crippen LogP contribution is -2.23. The molecule has 1 saturated heterocycles. The van der Waals surface area contributed by atoms with Crippen molar-refractivity contribution < 1.29 is 8.78 Å². The molecule has 1 atom stereocenters. The first kappa shape index (κ1) is 11.5. The van der Waals surface area contributed by atoms with Gasteiger partial charge >= 0.3 is 0 Å². The molecule has 0 saturated carbocycles. The number of halogens is 2. The van der Waals surface area contributed by atoms with Crippen molar-refractivity contribution in [1.29, 1.82) is 0 Å². The first-order valence-electron chi connectivity index (χ1n) is 5.78. The lowest BCUT2D eigenvalue weighted by molar-refractivity contribution is 0.461. The molecule has 1 nitrogen and oxygen atoms in total. The van der Waals surface area contributed by atoms with E-state index in [9.17, 15) is 8.78 Å². The SMILES string of the molecule is Cc1cc(CC2CCCN2)cc(F)c1CF. The lowest BCUT2D eigenvalue weighted by atomic mass is 9.99. The van der Waals surface area contributed by atoms with Gasteiger partial charge in [-0.25, -0.2) is 8.78 Å². The number of alkyl halides is 1. The smallest absolute Gasteiger partial charge is 0.129 e. The first-order chi connectivity index (χ1) is 7.70. The van der Waals surface area contributed by atoms with Gasteiger partial charge in [-0.2, -0.15) is 0 Å². The molecule has 16 heavy (non-hydrogen) atoms. The Morgan fingerprint density at radius 2 is 2.25 bits per heavy atom. The predicted octanol–water partition coefficient (Wildman–Crippen LogP) is 2.90. The van der Waals surface area contributed by atoms with Crippen LogP contribution in [0.4, 0.5) is 8.78 Å². The highest BCUT2D eigenvalue weighted by atomic mass is 19.1. The number of aryl methyl sites for hydroxylation is 1. The zero-order valence-electron chi connectivity index (χ0n) is 9.52. The molecule has 1 N–H and O–H groups in total. The van der Waals surface area contributed by atoms with Crippen molar-refractivity contribution in [2.24, 2.45) is 0 Å². The fourth-order valence-electron chi connectivity index (χ4n) is 2.35. The maximum Gasteiger partial charge on any atom is 0.129 e. The van der Waals surface area contributed by atoms with Crippen LogP contribution in [-0.2, 0) is 13.1 Å². The summed E-state index contributed by atoms with van der Waals surface area (Å²) in [6.07, 6.45) is 3.17. The first-order valence-corrected chi connectivity index (χ1v) is 5.78. The van der Waals surface area contributed by atoms with Gasteiger partial charge in [-0.1, -0.05) is 6.07 Å². The molecule has 1 fully saturated rings. The van der Waals surface area contributed by atoms with Crippen molar-refractivity contribution in [3.05, 3.63) is 34.6 Å². The van der Waals surface area contributed by atoms with E-state index in [0.717, 1.165) is 30.5 Å². The van der Waals surface area contributed by atoms with E-state index in [1.54, 1.807) is 6.92 Å². The maximum atomic E-state index is 13.5. The molecule has 1 aliphatic rings. The summed E-state index contributed by atoms with van der Waals surface area (Å²) in [6.45, 7) is 2.10. The highest BCUT2D eigenvalue weighted by Gasteiger charge is 2.16. The molecule has 1 heterocycles. The van der Waals surface area contributed by atoms with Crippen LogP contribution >= 0.6 is 0 Å². The van der Waals surface area contributed by atoms with Crippen LogP contribution in [0.3, 0.4) is 0 Å². The quantitative estimate of drug-likeness (QED) is 0.834. The molecule has 0 spiro atoms. The van der Waals surface area contributed by atoms with Crippen LogP contribution in [0.25, 0.3) is 0 Å². The van der Waals surface area contributed by atoms with Gasteiger partial charge in [0, 0.05) is 11.6 Å². The monoisotopic (exact) mass is 225 g/mol. The van der Waals surface area contributed by atoms with Crippen molar-refractivity contribution in [2.45, 2.75) is 38.9 Å². The van der Waals surface area contributed by atoms with Gasteiger partial charge < -0.3 is 5.32 Å². The Labute approximate surface area is 94.9 Å². The summed E-state index contributed by atoms with van der Waals surface area (Å²) in [5.74, 6) is -0.407. The van der Waals surface area contributed by atoms with E-state index in [1.165, 1.54) is 12.5 Å². The summed E-state index contributed by atoms with van der Waals surface area (Å²) >= 11 is 0. The summed E-state index contributed by atoms with van der Waals surface area (Å²) in [6, 6.07) is 3.83.